The highest BCUT2D eigenvalue weighted by molar-refractivity contribution is 7.88. The molecular weight excluding hydrogens is 1160 g/mol. The van der Waals surface area contributed by atoms with Crippen molar-refractivity contribution in [3.8, 4) is 11.5 Å². The number of carbonyl (C=O) groups excluding carboxylic acids is 3. The van der Waals surface area contributed by atoms with Crippen LogP contribution in [0.25, 0.3) is 44.5 Å². The molecule has 5 aliphatic rings. The van der Waals surface area contributed by atoms with Crippen LogP contribution in [0.2, 0.25) is 0 Å². The molecule has 7 heterocycles. The summed E-state index contributed by atoms with van der Waals surface area (Å²) in [5.41, 5.74) is 10.9. The van der Waals surface area contributed by atoms with Gasteiger partial charge < -0.3 is 75.9 Å². The number of benzene rings is 2. The van der Waals surface area contributed by atoms with Gasteiger partial charge in [-0.25, -0.2) is 22.7 Å². The van der Waals surface area contributed by atoms with Crippen LogP contribution in [-0.4, -0.2) is 144 Å². The van der Waals surface area contributed by atoms with Crippen LogP contribution in [0, 0.1) is 11.8 Å². The van der Waals surface area contributed by atoms with Crippen LogP contribution >= 0.6 is 0 Å². The van der Waals surface area contributed by atoms with Crippen LogP contribution in [-0.2, 0) is 75.3 Å². The van der Waals surface area contributed by atoms with Gasteiger partial charge >= 0.3 is 17.9 Å². The van der Waals surface area contributed by atoms with E-state index < -0.39 is 94.6 Å². The van der Waals surface area contributed by atoms with Crippen molar-refractivity contribution < 1.29 is 98.7 Å². The van der Waals surface area contributed by atoms with E-state index in [1.54, 1.807) is 96.2 Å². The number of ether oxygens (including phenoxy) is 12. The first-order valence-electron chi connectivity index (χ1n) is 28.6. The summed E-state index contributed by atoms with van der Waals surface area (Å²) < 4.78 is 106. The van der Waals surface area contributed by atoms with E-state index in [2.05, 4.69) is 14.7 Å². The normalized spacial score (nSPS) is 27.8. The van der Waals surface area contributed by atoms with Crippen LogP contribution in [0.3, 0.4) is 0 Å². The van der Waals surface area contributed by atoms with E-state index in [1.807, 2.05) is 32.1 Å². The monoisotopic (exact) mass is 1240 g/mol. The van der Waals surface area contributed by atoms with Gasteiger partial charge in [0.25, 0.3) is 0 Å². The number of nitrogens with one attached hydrogen (secondary N) is 1. The second-order valence-electron chi connectivity index (χ2n) is 22.5. The molecule has 87 heavy (non-hydrogen) atoms. The van der Waals surface area contributed by atoms with Gasteiger partial charge in [-0.2, -0.15) is 0 Å². The number of hydrogen-bond acceptors (Lipinski definition) is 22. The minimum atomic E-state index is -3.46. The molecule has 3 N–H and O–H groups in total. The maximum atomic E-state index is 13.7. The van der Waals surface area contributed by atoms with Gasteiger partial charge in [-0.05, 0) is 84.5 Å². The van der Waals surface area contributed by atoms with Crippen LogP contribution in [0.15, 0.2) is 74.7 Å². The van der Waals surface area contributed by atoms with Crippen molar-refractivity contribution in [2.24, 2.45) is 17.0 Å². The second-order valence-corrected chi connectivity index (χ2v) is 24.3. The van der Waals surface area contributed by atoms with E-state index in [1.165, 1.54) is 21.1 Å². The Morgan fingerprint density at radius 1 is 0.747 bits per heavy atom. The average molecular weight is 1240 g/mol. The van der Waals surface area contributed by atoms with E-state index in [-0.39, 0.29) is 61.1 Å². The Balaban J connectivity index is 0.000000226. The molecule has 5 aliphatic heterocycles. The number of furan rings is 2. The predicted octanol–water partition coefficient (Wildman–Crippen LogP) is 9.45. The molecular formula is C61H80N4O21S. The first-order valence-corrected chi connectivity index (χ1v) is 30.4. The molecule has 0 saturated carbocycles. The fraction of sp³-hybridized carbons (Fsp3) is 0.557. The number of sulfonamides is 1. The van der Waals surface area contributed by atoms with Gasteiger partial charge in [0, 0.05) is 85.0 Å². The maximum absolute atomic E-state index is 13.7. The SMILES string of the molecule is COCOc1cc2oc(CN=[N+]=[N-])cc2c2c1C(=O)O[C@@H](C)[C@H](C)/C=C\C(OC(C)=O)[C@H]1OC(C)(C)O[C@H]1CC=C2.COCOc1cc2oc(CNS(C)(=O)=O)cc2c2c1C(=O)O[C@@H](C)[C@H](C)/C=C\C(O)[C@H]1OC(C)(C)O[C@H]1CC=C2.OC1CCCO1. The molecule has 11 atom stereocenters. The molecule has 26 heteroatoms. The summed E-state index contributed by atoms with van der Waals surface area (Å²) in [7, 11) is -0.529. The Hall–Kier alpha value is -6.65. The number of azide groups is 1. The van der Waals surface area contributed by atoms with Crippen LogP contribution in [0.4, 0.5) is 0 Å². The van der Waals surface area contributed by atoms with Crippen molar-refractivity contribution >= 4 is 62.0 Å². The van der Waals surface area contributed by atoms with E-state index in [9.17, 15) is 27.9 Å². The van der Waals surface area contributed by atoms with Gasteiger partial charge in [0.1, 0.15) is 81.9 Å². The standard InChI is InChI=1S/C29H35N3O9.C28H37NO10S.C4H8O2/c1-16-10-11-22(38-18(3)33)27-23(40-29(4,5)41-27)9-7-8-20-21-12-19(14-31-32-30)39-24(21)13-25(36-15-35-6)26(20)28(34)37-17(16)2;1-16-10-11-21(30)26-22(38-28(3,4)39-26)9-7-8-19-20-12-18(14-29-40(6,32)33)37-23(20)13-24(35-15-34-5)25(19)27(31)36-17(16)2;5-4-2-1-3-6-4/h7-8,10-13,16-17,22-23,27H,9,14-15H2,1-6H3;7-8,10-13,16-17,21-22,26,29-30H,9,14-15H2,1-6H3;4-5H,1-3H2/b2*8-7?,11-10-;/t16-,17+,22?,23+,27-;16-,17+,21?,22+,26-;/m11./s1. The Morgan fingerprint density at radius 2 is 1.25 bits per heavy atom. The lowest BCUT2D eigenvalue weighted by atomic mass is 9.97. The van der Waals surface area contributed by atoms with Crippen molar-refractivity contribution in [1.29, 1.82) is 0 Å². The van der Waals surface area contributed by atoms with Gasteiger partial charge in [0.05, 0.1) is 31.6 Å². The highest BCUT2D eigenvalue weighted by Gasteiger charge is 2.46. The third-order valence-corrected chi connectivity index (χ3v) is 15.2. The fourth-order valence-electron chi connectivity index (χ4n) is 10.1. The summed E-state index contributed by atoms with van der Waals surface area (Å²) >= 11 is 0. The lowest BCUT2D eigenvalue weighted by molar-refractivity contribution is -0.165. The molecule has 2 aromatic heterocycles. The summed E-state index contributed by atoms with van der Waals surface area (Å²) in [4.78, 5) is 42.1. The Labute approximate surface area is 505 Å². The molecule has 0 amide bonds. The van der Waals surface area contributed by atoms with E-state index in [0.717, 1.165) is 25.7 Å². The number of hydrogen-bond donors (Lipinski definition) is 3. The molecule has 3 fully saturated rings. The van der Waals surface area contributed by atoms with Gasteiger partial charge in [0.15, 0.2) is 31.5 Å². The van der Waals surface area contributed by atoms with Crippen molar-refractivity contribution in [2.75, 3.05) is 40.7 Å². The molecule has 9 rings (SSSR count). The number of fused-ring (bicyclic) bond motifs is 8. The number of esters is 3. The molecule has 4 aromatic rings. The summed E-state index contributed by atoms with van der Waals surface area (Å²) in [6.45, 7) is 16.3. The molecule has 3 saturated heterocycles. The lowest BCUT2D eigenvalue weighted by Gasteiger charge is -2.25. The number of nitrogens with zero attached hydrogens (tertiary/aromatic N) is 3. The van der Waals surface area contributed by atoms with Crippen molar-refractivity contribution in [3.63, 3.8) is 0 Å². The Kier molecular flexibility index (Phi) is 23.4. The summed E-state index contributed by atoms with van der Waals surface area (Å²) in [5.74, 6) is -2.78. The first kappa shape index (κ1) is 67.9. The smallest absolute Gasteiger partial charge is 0.342 e. The van der Waals surface area contributed by atoms with Gasteiger partial charge in [-0.15, -0.1) is 0 Å². The molecule has 0 bridgehead atoms. The Bertz CT molecular complexity index is 3340. The van der Waals surface area contributed by atoms with Gasteiger partial charge in [-0.1, -0.05) is 61.5 Å². The number of aliphatic hydroxyl groups excluding tert-OH is 2. The zero-order valence-corrected chi connectivity index (χ0v) is 51.9. The maximum Gasteiger partial charge on any atom is 0.342 e. The highest BCUT2D eigenvalue weighted by Crippen LogP contribution is 2.40. The second kappa shape index (κ2) is 30.0. The van der Waals surface area contributed by atoms with Crippen molar-refractivity contribution in [3.05, 3.63) is 105 Å². The largest absolute Gasteiger partial charge is 0.466 e. The van der Waals surface area contributed by atoms with Gasteiger partial charge in [-0.3, -0.25) is 4.79 Å². The zero-order valence-electron chi connectivity index (χ0n) is 51.0. The minimum Gasteiger partial charge on any atom is -0.466 e. The molecule has 3 unspecified atom stereocenters. The molecule has 476 valence electrons. The first-order chi connectivity index (χ1) is 41.2. The van der Waals surface area contributed by atoms with E-state index >= 15 is 0 Å². The number of cyclic esters (lactones) is 2. The highest BCUT2D eigenvalue weighted by atomic mass is 32.2. The third kappa shape index (κ3) is 18.5. The summed E-state index contributed by atoms with van der Waals surface area (Å²) in [5, 5.41) is 24.2. The van der Waals surface area contributed by atoms with Crippen molar-refractivity contribution in [1.82, 2.24) is 4.72 Å². The number of rotatable bonds is 12. The van der Waals surface area contributed by atoms with Gasteiger partial charge in [0.2, 0.25) is 10.0 Å². The number of methoxy groups -OCH3 is 2. The topological polar surface area (TPSA) is 324 Å². The van der Waals surface area contributed by atoms with E-state index in [0.29, 0.717) is 57.4 Å². The average Bonchev–Trinajstić information content (AvgIpc) is 2.84. The fourth-order valence-corrected chi connectivity index (χ4v) is 10.5. The van der Waals surface area contributed by atoms with Crippen LogP contribution < -0.4 is 14.2 Å². The molecule has 25 nitrogen and oxygen atoms in total. The number of aliphatic hydroxyl groups is 2. The van der Waals surface area contributed by atoms with Crippen molar-refractivity contribution in [2.45, 2.75) is 168 Å². The molecule has 0 aliphatic carbocycles. The zero-order chi connectivity index (χ0) is 63.4. The third-order valence-electron chi connectivity index (χ3n) is 14.5. The predicted molar refractivity (Wildman–Crippen MR) is 316 cm³/mol. The molecule has 0 spiro atoms. The summed E-state index contributed by atoms with van der Waals surface area (Å²) in [6, 6.07) is 6.55. The minimum absolute atomic E-state index is 0.00912. The quantitative estimate of drug-likeness (QED) is 0.0226. The summed E-state index contributed by atoms with van der Waals surface area (Å²) in [6.07, 6.45) is 12.5. The Morgan fingerprint density at radius 3 is 1.72 bits per heavy atom. The molecule has 2 aromatic carbocycles. The van der Waals surface area contributed by atoms with Crippen LogP contribution in [0.5, 0.6) is 11.5 Å². The molecule has 0 radical (unpaired) electrons. The van der Waals surface area contributed by atoms with E-state index in [4.69, 9.17) is 76.3 Å². The number of carbonyl (C=O) groups is 3. The lowest BCUT2D eigenvalue weighted by Crippen LogP contribution is -2.37. The van der Waals surface area contributed by atoms with Crippen LogP contribution in [0.1, 0.15) is 131 Å².